The van der Waals surface area contributed by atoms with Crippen molar-refractivity contribution in [3.63, 3.8) is 0 Å². The summed E-state index contributed by atoms with van der Waals surface area (Å²) in [5.74, 6) is 0.947. The second kappa shape index (κ2) is 6.38. The molecule has 3 heteroatoms. The van der Waals surface area contributed by atoms with Crippen molar-refractivity contribution in [1.29, 1.82) is 0 Å². The molecule has 3 rings (SSSR count). The van der Waals surface area contributed by atoms with Gasteiger partial charge in [0.1, 0.15) is 0 Å². The first-order valence-corrected chi connectivity index (χ1v) is 6.74. The van der Waals surface area contributed by atoms with Gasteiger partial charge in [0.05, 0.1) is 11.5 Å². The number of rotatable bonds is 2. The molecular formula is C18H17IrN2-. The minimum atomic E-state index is 0. The number of hydrogen-bond donors (Lipinski definition) is 0. The molecule has 0 amide bonds. The fourth-order valence-corrected chi connectivity index (χ4v) is 2.64. The van der Waals surface area contributed by atoms with Crippen molar-refractivity contribution in [2.24, 2.45) is 7.05 Å². The van der Waals surface area contributed by atoms with E-state index in [-0.39, 0.29) is 20.1 Å². The Morgan fingerprint density at radius 2 is 1.71 bits per heavy atom. The third-order valence-corrected chi connectivity index (χ3v) is 3.68. The third-order valence-electron chi connectivity index (χ3n) is 3.68. The molecule has 0 spiro atoms. The van der Waals surface area contributed by atoms with Crippen molar-refractivity contribution in [3.8, 4) is 22.6 Å². The van der Waals surface area contributed by atoms with E-state index in [9.17, 15) is 0 Å². The normalized spacial score (nSPS) is 10.2. The number of hydrogen-bond acceptors (Lipinski definition) is 1. The van der Waals surface area contributed by atoms with Crippen molar-refractivity contribution in [2.45, 2.75) is 13.8 Å². The molecule has 109 valence electrons. The van der Waals surface area contributed by atoms with E-state index in [4.69, 9.17) is 0 Å². The molecule has 0 unspecified atom stereocenters. The molecule has 1 heterocycles. The van der Waals surface area contributed by atoms with Gasteiger partial charge in [-0.25, -0.2) is 0 Å². The number of aromatic nitrogens is 2. The van der Waals surface area contributed by atoms with E-state index in [1.165, 1.54) is 16.7 Å². The standard InChI is InChI=1S/C18H17N2.Ir/c1-13-8-7-9-14(2)17(13)16-12-19-18(20(16)3)15-10-5-4-6-11-15;/h4-10,12H,1-3H3;/q-1;. The van der Waals surface area contributed by atoms with Gasteiger partial charge in [0, 0.05) is 38.9 Å². The molecule has 3 aromatic rings. The summed E-state index contributed by atoms with van der Waals surface area (Å²) in [6, 6.07) is 17.6. The summed E-state index contributed by atoms with van der Waals surface area (Å²) in [6.45, 7) is 4.29. The summed E-state index contributed by atoms with van der Waals surface area (Å²) in [6.07, 6.45) is 1.95. The average Bonchev–Trinajstić information content (AvgIpc) is 2.82. The summed E-state index contributed by atoms with van der Waals surface area (Å²) >= 11 is 0. The zero-order valence-electron chi connectivity index (χ0n) is 12.3. The van der Waals surface area contributed by atoms with Crippen molar-refractivity contribution in [2.75, 3.05) is 0 Å². The molecule has 0 aliphatic heterocycles. The summed E-state index contributed by atoms with van der Waals surface area (Å²) in [7, 11) is 2.06. The van der Waals surface area contributed by atoms with Gasteiger partial charge in [0.2, 0.25) is 0 Å². The van der Waals surface area contributed by atoms with E-state index in [2.05, 4.69) is 54.7 Å². The molecule has 2 aromatic carbocycles. The molecule has 0 N–H and O–H groups in total. The topological polar surface area (TPSA) is 17.8 Å². The van der Waals surface area contributed by atoms with Crippen LogP contribution < -0.4 is 0 Å². The van der Waals surface area contributed by atoms with Crippen molar-refractivity contribution >= 4 is 0 Å². The van der Waals surface area contributed by atoms with Crippen LogP contribution in [0, 0.1) is 19.9 Å². The minimum Gasteiger partial charge on any atom is -0.367 e. The van der Waals surface area contributed by atoms with Gasteiger partial charge in [-0.3, -0.25) is 4.98 Å². The fourth-order valence-electron chi connectivity index (χ4n) is 2.64. The van der Waals surface area contributed by atoms with E-state index in [0.717, 1.165) is 17.1 Å². The molecule has 0 atom stereocenters. The smallest absolute Gasteiger partial charge is 0.0592 e. The molecule has 0 bridgehead atoms. The molecule has 21 heavy (non-hydrogen) atoms. The zero-order chi connectivity index (χ0) is 14.1. The number of nitrogens with zero attached hydrogens (tertiary/aromatic N) is 2. The van der Waals surface area contributed by atoms with Gasteiger partial charge in [-0.1, -0.05) is 18.2 Å². The van der Waals surface area contributed by atoms with Gasteiger partial charge in [-0.05, 0) is 25.0 Å². The van der Waals surface area contributed by atoms with Crippen molar-refractivity contribution < 1.29 is 20.1 Å². The van der Waals surface area contributed by atoms with Crippen LogP contribution in [0.15, 0.2) is 48.7 Å². The van der Waals surface area contributed by atoms with Crippen LogP contribution in [0.3, 0.4) is 0 Å². The quantitative estimate of drug-likeness (QED) is 0.533. The number of aryl methyl sites for hydroxylation is 2. The maximum atomic E-state index is 4.58. The van der Waals surface area contributed by atoms with Gasteiger partial charge in [-0.2, -0.15) is 0 Å². The van der Waals surface area contributed by atoms with Gasteiger partial charge >= 0.3 is 0 Å². The Kier molecular flexibility index (Phi) is 4.76. The molecule has 2 nitrogen and oxygen atoms in total. The first kappa shape index (κ1) is 15.7. The Balaban J connectivity index is 0.00000161. The molecule has 1 radical (unpaired) electrons. The molecule has 0 fully saturated rings. The average molecular weight is 454 g/mol. The van der Waals surface area contributed by atoms with Gasteiger partial charge in [0.15, 0.2) is 0 Å². The number of imidazole rings is 1. The van der Waals surface area contributed by atoms with Crippen molar-refractivity contribution in [3.05, 3.63) is 65.9 Å². The van der Waals surface area contributed by atoms with Crippen LogP contribution in [0.2, 0.25) is 0 Å². The van der Waals surface area contributed by atoms with E-state index in [1.54, 1.807) is 0 Å². The van der Waals surface area contributed by atoms with Crippen LogP contribution in [0.4, 0.5) is 0 Å². The van der Waals surface area contributed by atoms with Gasteiger partial charge in [0.25, 0.3) is 0 Å². The van der Waals surface area contributed by atoms with Crippen LogP contribution in [0.1, 0.15) is 11.1 Å². The maximum absolute atomic E-state index is 4.58. The van der Waals surface area contributed by atoms with Crippen LogP contribution in [0.25, 0.3) is 22.6 Å². The third kappa shape index (κ3) is 2.85. The Bertz CT molecular complexity index is 725. The summed E-state index contributed by atoms with van der Waals surface area (Å²) in [5.41, 5.74) is 5.98. The molecule has 0 saturated carbocycles. The summed E-state index contributed by atoms with van der Waals surface area (Å²) in [5, 5.41) is 0. The largest absolute Gasteiger partial charge is 0.367 e. The Hall–Kier alpha value is -1.70. The zero-order valence-corrected chi connectivity index (χ0v) is 14.7. The SMILES string of the molecule is Cc1cccc(C)c1-c1cnc(-c2[c-]cccc2)n1C.[Ir]. The fraction of sp³-hybridized carbons (Fsp3) is 0.167. The van der Waals surface area contributed by atoms with Crippen molar-refractivity contribution in [1.82, 2.24) is 9.55 Å². The van der Waals surface area contributed by atoms with Crippen LogP contribution in [-0.4, -0.2) is 9.55 Å². The Morgan fingerprint density at radius 3 is 2.33 bits per heavy atom. The van der Waals surface area contributed by atoms with Crippen LogP contribution in [0.5, 0.6) is 0 Å². The van der Waals surface area contributed by atoms with E-state index in [1.807, 2.05) is 30.5 Å². The monoisotopic (exact) mass is 454 g/mol. The minimum absolute atomic E-state index is 0. The number of benzene rings is 2. The Labute approximate surface area is 139 Å². The van der Waals surface area contributed by atoms with E-state index in [0.29, 0.717) is 0 Å². The predicted molar refractivity (Wildman–Crippen MR) is 82.4 cm³/mol. The first-order chi connectivity index (χ1) is 9.68. The molecule has 0 aliphatic carbocycles. The van der Waals surface area contributed by atoms with E-state index >= 15 is 0 Å². The van der Waals surface area contributed by atoms with E-state index < -0.39 is 0 Å². The second-order valence-corrected chi connectivity index (χ2v) is 5.07. The molecule has 1 aromatic heterocycles. The summed E-state index contributed by atoms with van der Waals surface area (Å²) < 4.78 is 2.14. The van der Waals surface area contributed by atoms with Crippen LogP contribution >= 0.6 is 0 Å². The van der Waals surface area contributed by atoms with Crippen LogP contribution in [-0.2, 0) is 27.2 Å². The Morgan fingerprint density at radius 1 is 1.00 bits per heavy atom. The van der Waals surface area contributed by atoms with Gasteiger partial charge in [-0.15, -0.1) is 35.9 Å². The molecule has 0 saturated heterocycles. The van der Waals surface area contributed by atoms with Gasteiger partial charge < -0.3 is 4.57 Å². The predicted octanol–water partition coefficient (Wildman–Crippen LogP) is 4.17. The molecule has 0 aliphatic rings. The molecular weight excluding hydrogens is 436 g/mol. The first-order valence-electron chi connectivity index (χ1n) is 6.74. The summed E-state index contributed by atoms with van der Waals surface area (Å²) in [4.78, 5) is 4.58. The second-order valence-electron chi connectivity index (χ2n) is 5.07. The maximum Gasteiger partial charge on any atom is 0.0592 e.